The Labute approximate surface area is 76.4 Å². The third kappa shape index (κ3) is 2.55. The lowest BCUT2D eigenvalue weighted by Gasteiger charge is -2.08. The first-order valence-corrected chi connectivity index (χ1v) is 4.02. The first-order chi connectivity index (χ1) is 6.13. The van der Waals surface area contributed by atoms with E-state index in [9.17, 15) is 4.79 Å². The van der Waals surface area contributed by atoms with Gasteiger partial charge in [0.05, 0.1) is 5.69 Å². The van der Waals surface area contributed by atoms with E-state index in [1.165, 1.54) is 0 Å². The molecule has 1 aromatic rings. The molecule has 0 aliphatic heterocycles. The molecule has 0 aromatic carbocycles. The van der Waals surface area contributed by atoms with E-state index in [4.69, 9.17) is 5.11 Å². The third-order valence-electron chi connectivity index (χ3n) is 1.83. The Bertz CT molecular complexity index is 295. The lowest BCUT2D eigenvalue weighted by Crippen LogP contribution is -2.35. The van der Waals surface area contributed by atoms with Gasteiger partial charge in [0, 0.05) is 19.7 Å². The Hall–Kier alpha value is -1.36. The Morgan fingerprint density at radius 2 is 2.54 bits per heavy atom. The number of aromatic nitrogens is 2. The lowest BCUT2D eigenvalue weighted by molar-refractivity contribution is -0.139. The highest BCUT2D eigenvalue weighted by molar-refractivity contribution is 5.73. The average molecular weight is 183 g/mol. The van der Waals surface area contributed by atoms with Crippen molar-refractivity contribution >= 4 is 5.97 Å². The molecule has 1 heterocycles. The molecule has 0 aliphatic carbocycles. The van der Waals surface area contributed by atoms with Crippen molar-refractivity contribution in [2.45, 2.75) is 12.5 Å². The lowest BCUT2D eigenvalue weighted by atomic mass is 10.1. The van der Waals surface area contributed by atoms with Gasteiger partial charge in [0.25, 0.3) is 0 Å². The summed E-state index contributed by atoms with van der Waals surface area (Å²) < 4.78 is 1.66. The molecule has 0 saturated heterocycles. The normalized spacial score (nSPS) is 12.8. The first-order valence-electron chi connectivity index (χ1n) is 4.02. The molecule has 0 spiro atoms. The summed E-state index contributed by atoms with van der Waals surface area (Å²) in [6.45, 7) is 0. The Morgan fingerprint density at radius 1 is 1.85 bits per heavy atom. The quantitative estimate of drug-likeness (QED) is 0.668. The summed E-state index contributed by atoms with van der Waals surface area (Å²) in [4.78, 5) is 10.6. The average Bonchev–Trinajstić information content (AvgIpc) is 2.46. The van der Waals surface area contributed by atoms with E-state index in [2.05, 4.69) is 10.4 Å². The zero-order valence-electron chi connectivity index (χ0n) is 7.69. The molecule has 13 heavy (non-hydrogen) atoms. The van der Waals surface area contributed by atoms with Crippen molar-refractivity contribution < 1.29 is 9.90 Å². The van der Waals surface area contributed by atoms with Crippen LogP contribution in [0.25, 0.3) is 0 Å². The van der Waals surface area contributed by atoms with Crippen LogP contribution in [-0.2, 0) is 18.3 Å². The summed E-state index contributed by atoms with van der Waals surface area (Å²) in [6.07, 6.45) is 2.20. The second kappa shape index (κ2) is 4.04. The molecule has 0 fully saturated rings. The summed E-state index contributed by atoms with van der Waals surface area (Å²) in [7, 11) is 3.43. The zero-order valence-corrected chi connectivity index (χ0v) is 7.69. The highest BCUT2D eigenvalue weighted by Gasteiger charge is 2.16. The maximum absolute atomic E-state index is 10.6. The summed E-state index contributed by atoms with van der Waals surface area (Å²) in [5, 5.41) is 15.5. The predicted molar refractivity (Wildman–Crippen MR) is 47.4 cm³/mol. The molecule has 0 amide bonds. The number of hydrogen-bond donors (Lipinski definition) is 2. The van der Waals surface area contributed by atoms with Gasteiger partial charge in [0.15, 0.2) is 0 Å². The van der Waals surface area contributed by atoms with Gasteiger partial charge < -0.3 is 10.4 Å². The van der Waals surface area contributed by atoms with Crippen molar-refractivity contribution in [3.63, 3.8) is 0 Å². The minimum absolute atomic E-state index is 0.409. The SMILES string of the molecule is CN[C@@H](Cc1ccn(C)n1)C(=O)O. The Balaban J connectivity index is 2.61. The largest absolute Gasteiger partial charge is 0.480 e. The van der Waals surface area contributed by atoms with Gasteiger partial charge in [-0.05, 0) is 13.1 Å². The molecular formula is C8H13N3O2. The fourth-order valence-corrected chi connectivity index (χ4v) is 1.09. The van der Waals surface area contributed by atoms with Crippen LogP contribution >= 0.6 is 0 Å². The first kappa shape index (κ1) is 9.73. The van der Waals surface area contributed by atoms with Crippen LogP contribution in [0, 0.1) is 0 Å². The number of likely N-dealkylation sites (N-methyl/N-ethyl adjacent to an activating group) is 1. The van der Waals surface area contributed by atoms with E-state index < -0.39 is 12.0 Å². The summed E-state index contributed by atoms with van der Waals surface area (Å²) in [6, 6.07) is 1.25. The fourth-order valence-electron chi connectivity index (χ4n) is 1.09. The highest BCUT2D eigenvalue weighted by Crippen LogP contribution is 1.99. The topological polar surface area (TPSA) is 67.2 Å². The molecule has 72 valence electrons. The Morgan fingerprint density at radius 3 is 2.92 bits per heavy atom. The van der Waals surface area contributed by atoms with Crippen molar-refractivity contribution in [3.05, 3.63) is 18.0 Å². The molecular weight excluding hydrogens is 170 g/mol. The maximum atomic E-state index is 10.6. The highest BCUT2D eigenvalue weighted by atomic mass is 16.4. The molecule has 5 heteroatoms. The number of carboxylic acids is 1. The standard InChI is InChI=1S/C8H13N3O2/c1-9-7(8(12)13)5-6-3-4-11(2)10-6/h3-4,7,9H,5H2,1-2H3,(H,12,13)/t7-/m0/s1. The van der Waals surface area contributed by atoms with Crippen molar-refractivity contribution in [2.75, 3.05) is 7.05 Å². The van der Waals surface area contributed by atoms with Gasteiger partial charge in [0.2, 0.25) is 0 Å². The minimum atomic E-state index is -0.854. The number of nitrogens with zero attached hydrogens (tertiary/aromatic N) is 2. The van der Waals surface area contributed by atoms with E-state index in [0.717, 1.165) is 5.69 Å². The van der Waals surface area contributed by atoms with E-state index in [0.29, 0.717) is 6.42 Å². The summed E-state index contributed by atoms with van der Waals surface area (Å²) in [5.41, 5.74) is 0.782. The second-order valence-electron chi connectivity index (χ2n) is 2.86. The summed E-state index contributed by atoms with van der Waals surface area (Å²) in [5.74, 6) is -0.854. The number of hydrogen-bond acceptors (Lipinski definition) is 3. The van der Waals surface area contributed by atoms with Crippen molar-refractivity contribution in [3.8, 4) is 0 Å². The van der Waals surface area contributed by atoms with Gasteiger partial charge >= 0.3 is 5.97 Å². The van der Waals surface area contributed by atoms with Crippen LogP contribution in [0.2, 0.25) is 0 Å². The van der Waals surface area contributed by atoms with E-state index in [1.54, 1.807) is 25.0 Å². The van der Waals surface area contributed by atoms with Gasteiger partial charge in [-0.15, -0.1) is 0 Å². The third-order valence-corrected chi connectivity index (χ3v) is 1.83. The van der Waals surface area contributed by atoms with Gasteiger partial charge in [0.1, 0.15) is 6.04 Å². The number of nitrogens with one attached hydrogen (secondary N) is 1. The molecule has 0 radical (unpaired) electrons. The summed E-state index contributed by atoms with van der Waals surface area (Å²) >= 11 is 0. The van der Waals surface area contributed by atoms with Gasteiger partial charge in [-0.1, -0.05) is 0 Å². The van der Waals surface area contributed by atoms with Crippen molar-refractivity contribution in [2.24, 2.45) is 7.05 Å². The van der Waals surface area contributed by atoms with Gasteiger partial charge in [-0.2, -0.15) is 5.10 Å². The monoisotopic (exact) mass is 183 g/mol. The molecule has 2 N–H and O–H groups in total. The predicted octanol–water partition coefficient (Wildman–Crippen LogP) is -0.365. The molecule has 0 saturated carbocycles. The van der Waals surface area contributed by atoms with Crippen LogP contribution in [-0.4, -0.2) is 33.9 Å². The minimum Gasteiger partial charge on any atom is -0.480 e. The number of carbonyl (C=O) groups is 1. The number of rotatable bonds is 4. The van der Waals surface area contributed by atoms with Crippen molar-refractivity contribution in [1.29, 1.82) is 0 Å². The molecule has 0 bridgehead atoms. The molecule has 1 atom stereocenters. The number of aliphatic carboxylic acids is 1. The van der Waals surface area contributed by atoms with Crippen LogP contribution in [0.3, 0.4) is 0 Å². The van der Waals surface area contributed by atoms with E-state index in [-0.39, 0.29) is 0 Å². The van der Waals surface area contributed by atoms with Gasteiger partial charge in [-0.3, -0.25) is 9.48 Å². The zero-order chi connectivity index (χ0) is 9.84. The van der Waals surface area contributed by atoms with E-state index >= 15 is 0 Å². The fraction of sp³-hybridized carbons (Fsp3) is 0.500. The van der Waals surface area contributed by atoms with Gasteiger partial charge in [-0.25, -0.2) is 0 Å². The van der Waals surface area contributed by atoms with Crippen LogP contribution in [0.4, 0.5) is 0 Å². The smallest absolute Gasteiger partial charge is 0.321 e. The molecule has 1 rings (SSSR count). The van der Waals surface area contributed by atoms with Crippen LogP contribution in [0.5, 0.6) is 0 Å². The molecule has 1 aromatic heterocycles. The maximum Gasteiger partial charge on any atom is 0.321 e. The van der Waals surface area contributed by atoms with Crippen LogP contribution < -0.4 is 5.32 Å². The number of aryl methyl sites for hydroxylation is 1. The Kier molecular flexibility index (Phi) is 3.02. The number of carboxylic acid groups (broad SMARTS) is 1. The molecule has 5 nitrogen and oxygen atoms in total. The van der Waals surface area contributed by atoms with Crippen LogP contribution in [0.15, 0.2) is 12.3 Å². The molecule has 0 unspecified atom stereocenters. The second-order valence-corrected chi connectivity index (χ2v) is 2.86. The van der Waals surface area contributed by atoms with Crippen LogP contribution in [0.1, 0.15) is 5.69 Å². The van der Waals surface area contributed by atoms with E-state index in [1.807, 2.05) is 6.07 Å². The molecule has 0 aliphatic rings. The van der Waals surface area contributed by atoms with Crippen molar-refractivity contribution in [1.82, 2.24) is 15.1 Å².